The van der Waals surface area contributed by atoms with Crippen LogP contribution in [-0.2, 0) is 14.6 Å². The fourth-order valence-electron chi connectivity index (χ4n) is 2.14. The molecule has 0 spiro atoms. The predicted molar refractivity (Wildman–Crippen MR) is 101 cm³/mol. The molecule has 146 valence electrons. The molecule has 0 bridgehead atoms. The minimum Gasteiger partial charge on any atom is -0.372 e. The van der Waals surface area contributed by atoms with Gasteiger partial charge in [-0.15, -0.1) is 5.11 Å². The van der Waals surface area contributed by atoms with Crippen molar-refractivity contribution in [2.24, 2.45) is 15.3 Å². The van der Waals surface area contributed by atoms with Crippen LogP contribution in [-0.4, -0.2) is 69.8 Å². The average Bonchev–Trinajstić information content (AvgIpc) is 2.93. The molecule has 1 N–H and O–H groups in total. The molecule has 1 atom stereocenters. The summed E-state index contributed by atoms with van der Waals surface area (Å²) in [5, 5.41) is 14.5. The molecular weight excluding hydrogens is 360 g/mol. The summed E-state index contributed by atoms with van der Waals surface area (Å²) in [6.45, 7) is 6.32. The molecular formula is C15H26N6O4S. The van der Waals surface area contributed by atoms with Crippen molar-refractivity contribution in [1.29, 1.82) is 0 Å². The van der Waals surface area contributed by atoms with Gasteiger partial charge in [-0.2, -0.15) is 18.6 Å². The van der Waals surface area contributed by atoms with Crippen LogP contribution in [0.1, 0.15) is 13.8 Å². The van der Waals surface area contributed by atoms with Crippen LogP contribution in [0.3, 0.4) is 0 Å². The summed E-state index contributed by atoms with van der Waals surface area (Å²) in [5.74, 6) is 0. The standard InChI is InChI=1S/C14H22N6.CH4O4S/c1-5-20(6-2)13-9-7-12(8-10-13)16-17-14-18(3)11-15-19(14)4;1-5-6(2,3)4/h7-11,14H,5-6H2,1-4H3;1H3,(H,2,3,4). The Morgan fingerprint density at radius 1 is 1.23 bits per heavy atom. The first-order chi connectivity index (χ1) is 12.2. The monoisotopic (exact) mass is 386 g/mol. The topological polar surface area (TPSA) is 110 Å². The normalized spacial score (nSPS) is 16.8. The first-order valence-corrected chi connectivity index (χ1v) is 9.36. The molecule has 1 aromatic rings. The highest BCUT2D eigenvalue weighted by atomic mass is 32.3. The first-order valence-electron chi connectivity index (χ1n) is 7.99. The van der Waals surface area contributed by atoms with E-state index in [1.165, 1.54) is 5.69 Å². The SMILES string of the molecule is CCN(CC)c1ccc(N=NC2N(C)C=NN2C)cc1.COS(=O)(=O)O. The number of azo groups is 1. The highest BCUT2D eigenvalue weighted by molar-refractivity contribution is 7.80. The lowest BCUT2D eigenvalue weighted by Crippen LogP contribution is -2.32. The highest BCUT2D eigenvalue weighted by Gasteiger charge is 2.20. The van der Waals surface area contributed by atoms with Gasteiger partial charge in [0, 0.05) is 32.9 Å². The molecule has 11 heteroatoms. The number of nitrogens with zero attached hydrogens (tertiary/aromatic N) is 6. The minimum atomic E-state index is -4.16. The zero-order valence-electron chi connectivity index (χ0n) is 15.6. The van der Waals surface area contributed by atoms with Crippen LogP contribution in [0.25, 0.3) is 0 Å². The van der Waals surface area contributed by atoms with Gasteiger partial charge in [0.1, 0.15) is 6.34 Å². The van der Waals surface area contributed by atoms with E-state index in [4.69, 9.17) is 4.55 Å². The molecule has 0 radical (unpaired) electrons. The van der Waals surface area contributed by atoms with E-state index in [-0.39, 0.29) is 6.29 Å². The summed E-state index contributed by atoms with van der Waals surface area (Å²) in [4.78, 5) is 4.21. The predicted octanol–water partition coefficient (Wildman–Crippen LogP) is 2.16. The molecule has 0 saturated heterocycles. The van der Waals surface area contributed by atoms with Crippen molar-refractivity contribution in [1.82, 2.24) is 9.91 Å². The van der Waals surface area contributed by atoms with E-state index in [1.807, 2.05) is 31.1 Å². The van der Waals surface area contributed by atoms with Gasteiger partial charge >= 0.3 is 10.4 Å². The van der Waals surface area contributed by atoms with E-state index in [0.29, 0.717) is 0 Å². The molecule has 1 unspecified atom stereocenters. The Balaban J connectivity index is 0.000000487. The lowest BCUT2D eigenvalue weighted by atomic mass is 10.2. The molecule has 2 rings (SSSR count). The molecule has 1 aromatic carbocycles. The van der Waals surface area contributed by atoms with E-state index in [1.54, 1.807) is 11.3 Å². The summed E-state index contributed by atoms with van der Waals surface area (Å²) >= 11 is 0. The van der Waals surface area contributed by atoms with Crippen LogP contribution in [0.15, 0.2) is 39.6 Å². The molecule has 10 nitrogen and oxygen atoms in total. The van der Waals surface area contributed by atoms with Crippen LogP contribution in [0.2, 0.25) is 0 Å². The van der Waals surface area contributed by atoms with E-state index in [0.717, 1.165) is 25.9 Å². The van der Waals surface area contributed by atoms with Crippen molar-refractivity contribution in [3.05, 3.63) is 24.3 Å². The van der Waals surface area contributed by atoms with Crippen LogP contribution in [0.4, 0.5) is 11.4 Å². The Kier molecular flexibility index (Phi) is 8.42. The summed E-state index contributed by atoms with van der Waals surface area (Å²) in [6, 6.07) is 8.15. The molecule has 0 aromatic heterocycles. The van der Waals surface area contributed by atoms with E-state index >= 15 is 0 Å². The number of hydrogen-bond donors (Lipinski definition) is 1. The molecule has 0 fully saturated rings. The second-order valence-corrected chi connectivity index (χ2v) is 6.50. The third-order valence-electron chi connectivity index (χ3n) is 3.58. The summed E-state index contributed by atoms with van der Waals surface area (Å²) in [5.41, 5.74) is 2.07. The van der Waals surface area contributed by atoms with Crippen molar-refractivity contribution in [2.45, 2.75) is 20.1 Å². The van der Waals surface area contributed by atoms with E-state index in [9.17, 15) is 8.42 Å². The van der Waals surface area contributed by atoms with Gasteiger partial charge in [0.2, 0.25) is 6.29 Å². The lowest BCUT2D eigenvalue weighted by Gasteiger charge is -2.21. The molecule has 0 saturated carbocycles. The third-order valence-corrected chi connectivity index (χ3v) is 4.00. The van der Waals surface area contributed by atoms with Crippen LogP contribution in [0, 0.1) is 0 Å². The van der Waals surface area contributed by atoms with Crippen molar-refractivity contribution < 1.29 is 17.2 Å². The molecule has 26 heavy (non-hydrogen) atoms. The Morgan fingerprint density at radius 3 is 2.15 bits per heavy atom. The number of benzene rings is 1. The summed E-state index contributed by atoms with van der Waals surface area (Å²) in [7, 11) is 0.521. The zero-order valence-corrected chi connectivity index (χ0v) is 16.5. The first kappa shape index (κ1) is 21.8. The largest absolute Gasteiger partial charge is 0.397 e. The Bertz CT molecular complexity index is 691. The smallest absolute Gasteiger partial charge is 0.372 e. The Labute approximate surface area is 154 Å². The van der Waals surface area contributed by atoms with Gasteiger partial charge < -0.3 is 9.80 Å². The Morgan fingerprint density at radius 2 is 1.77 bits per heavy atom. The van der Waals surface area contributed by atoms with Gasteiger partial charge in [-0.05, 0) is 38.1 Å². The van der Waals surface area contributed by atoms with Gasteiger partial charge in [0.25, 0.3) is 0 Å². The van der Waals surface area contributed by atoms with Gasteiger partial charge in [-0.25, -0.2) is 0 Å². The maximum atomic E-state index is 9.33. The fraction of sp³-hybridized carbons (Fsp3) is 0.533. The third kappa shape index (κ3) is 6.94. The van der Waals surface area contributed by atoms with Gasteiger partial charge in [0.15, 0.2) is 0 Å². The van der Waals surface area contributed by atoms with Gasteiger partial charge in [-0.1, -0.05) is 0 Å². The van der Waals surface area contributed by atoms with E-state index < -0.39 is 10.4 Å². The fourth-order valence-corrected chi connectivity index (χ4v) is 2.14. The molecule has 1 aliphatic heterocycles. The molecule has 0 amide bonds. The Hall–Kier alpha value is -2.24. The molecule has 0 aliphatic carbocycles. The maximum Gasteiger partial charge on any atom is 0.397 e. The van der Waals surface area contributed by atoms with Gasteiger partial charge in [-0.3, -0.25) is 13.7 Å². The quantitative estimate of drug-likeness (QED) is 0.589. The summed E-state index contributed by atoms with van der Waals surface area (Å²) < 4.78 is 29.7. The van der Waals surface area contributed by atoms with Crippen molar-refractivity contribution in [3.63, 3.8) is 0 Å². The van der Waals surface area contributed by atoms with Crippen LogP contribution in [0.5, 0.6) is 0 Å². The van der Waals surface area contributed by atoms with Crippen molar-refractivity contribution >= 4 is 28.1 Å². The minimum absolute atomic E-state index is 0.155. The number of hydrazone groups is 1. The second kappa shape index (κ2) is 10.0. The van der Waals surface area contributed by atoms with Crippen LogP contribution >= 0.6 is 0 Å². The second-order valence-electron chi connectivity index (χ2n) is 5.32. The number of hydrogen-bond acceptors (Lipinski definition) is 9. The number of rotatable bonds is 6. The van der Waals surface area contributed by atoms with Crippen molar-refractivity contribution in [3.8, 4) is 0 Å². The maximum absolute atomic E-state index is 9.33. The lowest BCUT2D eigenvalue weighted by molar-refractivity contribution is 0.183. The number of anilines is 1. The molecule has 1 aliphatic rings. The zero-order chi connectivity index (χ0) is 19.7. The highest BCUT2D eigenvalue weighted by Crippen LogP contribution is 2.21. The summed E-state index contributed by atoms with van der Waals surface area (Å²) in [6.07, 6.45) is 1.59. The molecule has 1 heterocycles. The van der Waals surface area contributed by atoms with Crippen LogP contribution < -0.4 is 4.90 Å². The van der Waals surface area contributed by atoms with Crippen molar-refractivity contribution in [2.75, 3.05) is 39.2 Å². The average molecular weight is 386 g/mol. The van der Waals surface area contributed by atoms with Gasteiger partial charge in [0.05, 0.1) is 12.8 Å². The van der Waals surface area contributed by atoms with E-state index in [2.05, 4.69) is 50.4 Å².